The maximum absolute atomic E-state index is 12.4. The van der Waals surface area contributed by atoms with E-state index >= 15 is 0 Å². The second-order valence-electron chi connectivity index (χ2n) is 4.50. The summed E-state index contributed by atoms with van der Waals surface area (Å²) in [5.74, 6) is -0.120. The summed E-state index contributed by atoms with van der Waals surface area (Å²) in [5, 5.41) is 10.9. The van der Waals surface area contributed by atoms with Gasteiger partial charge in [0, 0.05) is 30.3 Å². The number of rotatable bonds is 6. The molecule has 0 fully saturated rings. The van der Waals surface area contributed by atoms with Gasteiger partial charge in [-0.05, 0) is 25.8 Å². The highest BCUT2D eigenvalue weighted by Gasteiger charge is 2.21. The zero-order valence-electron chi connectivity index (χ0n) is 11.7. The molecule has 0 bridgehead atoms. The lowest BCUT2D eigenvalue weighted by atomic mass is 10.1. The number of hydrogen-bond acceptors (Lipinski definition) is 3. The molecule has 0 radical (unpaired) electrons. The van der Waals surface area contributed by atoms with Crippen LogP contribution >= 0.6 is 0 Å². The molecule has 0 aliphatic carbocycles. The van der Waals surface area contributed by atoms with Gasteiger partial charge in [-0.25, -0.2) is 0 Å². The highest BCUT2D eigenvalue weighted by molar-refractivity contribution is 5.96. The van der Waals surface area contributed by atoms with Gasteiger partial charge in [0.05, 0.1) is 4.92 Å². The third-order valence-corrected chi connectivity index (χ3v) is 3.01. The predicted molar refractivity (Wildman–Crippen MR) is 74.3 cm³/mol. The Bertz CT molecular complexity index is 466. The molecule has 0 saturated heterocycles. The van der Waals surface area contributed by atoms with Gasteiger partial charge in [0.2, 0.25) is 0 Å². The van der Waals surface area contributed by atoms with Crippen LogP contribution in [0.25, 0.3) is 0 Å². The van der Waals surface area contributed by atoms with Crippen molar-refractivity contribution in [2.45, 2.75) is 33.6 Å². The highest BCUT2D eigenvalue weighted by atomic mass is 16.6. The van der Waals surface area contributed by atoms with Crippen molar-refractivity contribution in [1.29, 1.82) is 0 Å². The Labute approximate surface area is 113 Å². The number of nitro groups is 1. The molecule has 5 nitrogen and oxygen atoms in total. The van der Waals surface area contributed by atoms with Crippen molar-refractivity contribution in [2.24, 2.45) is 0 Å². The highest BCUT2D eigenvalue weighted by Crippen LogP contribution is 2.22. The number of nitro benzene ring substituents is 1. The van der Waals surface area contributed by atoms with E-state index in [1.54, 1.807) is 24.0 Å². The number of nitrogens with zero attached hydrogens (tertiary/aromatic N) is 2. The Kier molecular flexibility index (Phi) is 5.48. The predicted octanol–water partition coefficient (Wildman–Crippen LogP) is 3.17. The lowest BCUT2D eigenvalue weighted by Gasteiger charge is -2.22. The second-order valence-corrected chi connectivity index (χ2v) is 4.50. The summed E-state index contributed by atoms with van der Waals surface area (Å²) in [6.07, 6.45) is 1.75. The molecule has 104 valence electrons. The fourth-order valence-electron chi connectivity index (χ4n) is 2.08. The smallest absolute Gasteiger partial charge is 0.273 e. The van der Waals surface area contributed by atoms with E-state index in [2.05, 4.69) is 0 Å². The molecule has 0 aliphatic rings. The van der Waals surface area contributed by atoms with Gasteiger partial charge >= 0.3 is 0 Å². The van der Waals surface area contributed by atoms with Crippen LogP contribution in [0.3, 0.4) is 0 Å². The van der Waals surface area contributed by atoms with E-state index in [1.807, 2.05) is 13.8 Å². The van der Waals surface area contributed by atoms with Crippen molar-refractivity contribution in [2.75, 3.05) is 13.1 Å². The van der Waals surface area contributed by atoms with Crippen LogP contribution in [0.4, 0.5) is 5.69 Å². The van der Waals surface area contributed by atoms with E-state index in [0.717, 1.165) is 12.8 Å². The Morgan fingerprint density at radius 3 is 2.32 bits per heavy atom. The van der Waals surface area contributed by atoms with Crippen LogP contribution in [0, 0.1) is 17.0 Å². The molecule has 0 saturated carbocycles. The maximum atomic E-state index is 12.4. The first kappa shape index (κ1) is 15.1. The topological polar surface area (TPSA) is 63.5 Å². The lowest BCUT2D eigenvalue weighted by Crippen LogP contribution is -2.33. The molecule has 1 rings (SSSR count). The number of hydrogen-bond donors (Lipinski definition) is 0. The quantitative estimate of drug-likeness (QED) is 0.585. The second kappa shape index (κ2) is 6.87. The molecule has 0 aliphatic heterocycles. The molecule has 19 heavy (non-hydrogen) atoms. The van der Waals surface area contributed by atoms with Gasteiger partial charge in [0.1, 0.15) is 0 Å². The van der Waals surface area contributed by atoms with Crippen LogP contribution in [0.15, 0.2) is 18.2 Å². The Morgan fingerprint density at radius 2 is 1.84 bits per heavy atom. The first-order valence-electron chi connectivity index (χ1n) is 6.56. The van der Waals surface area contributed by atoms with Crippen molar-refractivity contribution in [3.8, 4) is 0 Å². The monoisotopic (exact) mass is 264 g/mol. The van der Waals surface area contributed by atoms with Gasteiger partial charge in [0.15, 0.2) is 0 Å². The summed E-state index contributed by atoms with van der Waals surface area (Å²) in [6, 6.07) is 4.65. The van der Waals surface area contributed by atoms with Crippen molar-refractivity contribution in [3.05, 3.63) is 39.4 Å². The average Bonchev–Trinajstić information content (AvgIpc) is 2.37. The summed E-state index contributed by atoms with van der Waals surface area (Å²) in [6.45, 7) is 7.00. The van der Waals surface area contributed by atoms with Crippen molar-refractivity contribution in [1.82, 2.24) is 4.90 Å². The van der Waals surface area contributed by atoms with Crippen molar-refractivity contribution in [3.63, 3.8) is 0 Å². The number of benzene rings is 1. The van der Waals surface area contributed by atoms with Crippen LogP contribution in [-0.4, -0.2) is 28.8 Å². The zero-order chi connectivity index (χ0) is 14.4. The summed E-state index contributed by atoms with van der Waals surface area (Å²) < 4.78 is 0. The minimum Gasteiger partial charge on any atom is -0.339 e. The number of carbonyl (C=O) groups is 1. The van der Waals surface area contributed by atoms with Crippen molar-refractivity contribution < 1.29 is 9.72 Å². The first-order chi connectivity index (χ1) is 9.02. The van der Waals surface area contributed by atoms with Gasteiger partial charge in [-0.3, -0.25) is 14.9 Å². The molecule has 0 unspecified atom stereocenters. The van der Waals surface area contributed by atoms with Crippen LogP contribution in [0.1, 0.15) is 42.6 Å². The standard InChI is InChI=1S/C14H20N2O3/c1-4-9-15(10-5-2)14(17)12-7-6-8-13(11(12)3)16(18)19/h6-8H,4-5,9-10H2,1-3H3. The number of amides is 1. The minimum absolute atomic E-state index is 0.00111. The van der Waals surface area contributed by atoms with E-state index in [-0.39, 0.29) is 11.6 Å². The summed E-state index contributed by atoms with van der Waals surface area (Å²) in [5.41, 5.74) is 0.865. The molecule has 1 aromatic carbocycles. The van der Waals surface area contributed by atoms with E-state index in [9.17, 15) is 14.9 Å². The van der Waals surface area contributed by atoms with E-state index in [4.69, 9.17) is 0 Å². The Balaban J connectivity index is 3.10. The van der Waals surface area contributed by atoms with Gasteiger partial charge < -0.3 is 4.90 Å². The minimum atomic E-state index is -0.448. The van der Waals surface area contributed by atoms with Gasteiger partial charge in [-0.1, -0.05) is 19.9 Å². The van der Waals surface area contributed by atoms with Crippen molar-refractivity contribution >= 4 is 11.6 Å². The maximum Gasteiger partial charge on any atom is 0.273 e. The summed E-state index contributed by atoms with van der Waals surface area (Å²) >= 11 is 0. The lowest BCUT2D eigenvalue weighted by molar-refractivity contribution is -0.385. The third kappa shape index (κ3) is 3.53. The Morgan fingerprint density at radius 1 is 1.26 bits per heavy atom. The molecule has 0 heterocycles. The fourth-order valence-corrected chi connectivity index (χ4v) is 2.08. The van der Waals surface area contributed by atoms with E-state index in [1.165, 1.54) is 6.07 Å². The molecular formula is C14H20N2O3. The zero-order valence-corrected chi connectivity index (χ0v) is 11.7. The molecule has 0 aromatic heterocycles. The van der Waals surface area contributed by atoms with E-state index < -0.39 is 4.92 Å². The van der Waals surface area contributed by atoms with Crippen LogP contribution in [-0.2, 0) is 0 Å². The summed E-state index contributed by atoms with van der Waals surface area (Å²) in [4.78, 5) is 24.6. The fraction of sp³-hybridized carbons (Fsp3) is 0.500. The van der Waals surface area contributed by atoms with Crippen LogP contribution in [0.2, 0.25) is 0 Å². The third-order valence-electron chi connectivity index (χ3n) is 3.01. The number of carbonyl (C=O) groups excluding carboxylic acids is 1. The van der Waals surface area contributed by atoms with Gasteiger partial charge in [-0.15, -0.1) is 0 Å². The molecular weight excluding hydrogens is 244 g/mol. The molecule has 0 N–H and O–H groups in total. The first-order valence-corrected chi connectivity index (χ1v) is 6.56. The summed E-state index contributed by atoms with van der Waals surface area (Å²) in [7, 11) is 0. The largest absolute Gasteiger partial charge is 0.339 e. The average molecular weight is 264 g/mol. The van der Waals surface area contributed by atoms with Crippen LogP contribution in [0.5, 0.6) is 0 Å². The Hall–Kier alpha value is -1.91. The normalized spacial score (nSPS) is 10.3. The molecule has 1 aromatic rings. The molecule has 1 amide bonds. The van der Waals surface area contributed by atoms with E-state index in [0.29, 0.717) is 24.2 Å². The molecule has 5 heteroatoms. The molecule has 0 spiro atoms. The SMILES string of the molecule is CCCN(CCC)C(=O)c1cccc([N+](=O)[O-])c1C. The van der Waals surface area contributed by atoms with Gasteiger partial charge in [0.25, 0.3) is 11.6 Å². The molecule has 0 atom stereocenters. The van der Waals surface area contributed by atoms with Crippen LogP contribution < -0.4 is 0 Å². The van der Waals surface area contributed by atoms with Gasteiger partial charge in [-0.2, -0.15) is 0 Å².